The first-order chi connectivity index (χ1) is 12.6. The predicted molar refractivity (Wildman–Crippen MR) is 87.8 cm³/mol. The summed E-state index contributed by atoms with van der Waals surface area (Å²) in [7, 11) is 0. The van der Waals surface area contributed by atoms with Crippen molar-refractivity contribution in [1.29, 1.82) is 0 Å². The molecule has 0 fully saturated rings. The van der Waals surface area contributed by atoms with Gasteiger partial charge < -0.3 is 9.47 Å². The molecule has 0 spiro atoms. The second kappa shape index (κ2) is 7.91. The van der Waals surface area contributed by atoms with Crippen molar-refractivity contribution in [3.05, 3.63) is 95.1 Å². The van der Waals surface area contributed by atoms with E-state index in [4.69, 9.17) is 9.47 Å². The first-order valence-electron chi connectivity index (χ1n) is 7.77. The van der Waals surface area contributed by atoms with E-state index in [9.17, 15) is 17.6 Å². The minimum Gasteiger partial charge on any atom is -0.483 e. The summed E-state index contributed by atoms with van der Waals surface area (Å²) in [6, 6.07) is 17.1. The third-order valence-corrected chi connectivity index (χ3v) is 3.63. The lowest BCUT2D eigenvalue weighted by Gasteiger charge is -2.14. The van der Waals surface area contributed by atoms with Crippen LogP contribution in [0.5, 0.6) is 11.5 Å². The van der Waals surface area contributed by atoms with Crippen LogP contribution in [-0.4, -0.2) is 0 Å². The van der Waals surface area contributed by atoms with E-state index in [2.05, 4.69) is 0 Å². The van der Waals surface area contributed by atoms with Crippen molar-refractivity contribution in [3.63, 3.8) is 0 Å². The summed E-state index contributed by atoms with van der Waals surface area (Å²) < 4.78 is 66.2. The maximum atomic E-state index is 14.5. The average molecular weight is 362 g/mol. The van der Waals surface area contributed by atoms with Crippen molar-refractivity contribution in [2.24, 2.45) is 0 Å². The maximum absolute atomic E-state index is 14.5. The molecule has 0 bridgehead atoms. The van der Waals surface area contributed by atoms with Crippen LogP contribution in [0, 0.1) is 23.3 Å². The molecule has 0 atom stereocenters. The standard InChI is InChI=1S/C20H14F4O2/c21-15-16(22)19(25-11-13-7-3-1-4-8-13)18(24)20(17(15)23)26-12-14-9-5-2-6-10-14/h1-10H,11-12H2. The molecular weight excluding hydrogens is 348 g/mol. The first-order valence-corrected chi connectivity index (χ1v) is 7.77. The highest BCUT2D eigenvalue weighted by Crippen LogP contribution is 2.36. The van der Waals surface area contributed by atoms with Gasteiger partial charge in [0.1, 0.15) is 13.2 Å². The van der Waals surface area contributed by atoms with Gasteiger partial charge in [0.15, 0.2) is 11.5 Å². The highest BCUT2D eigenvalue weighted by Gasteiger charge is 2.28. The normalized spacial score (nSPS) is 10.6. The van der Waals surface area contributed by atoms with Gasteiger partial charge in [-0.2, -0.15) is 13.2 Å². The largest absolute Gasteiger partial charge is 0.483 e. The lowest BCUT2D eigenvalue weighted by molar-refractivity contribution is 0.231. The molecule has 134 valence electrons. The zero-order valence-corrected chi connectivity index (χ0v) is 13.5. The Balaban J connectivity index is 1.86. The van der Waals surface area contributed by atoms with Gasteiger partial charge in [-0.05, 0) is 11.1 Å². The smallest absolute Gasteiger partial charge is 0.213 e. The summed E-state index contributed by atoms with van der Waals surface area (Å²) in [5.41, 5.74) is 1.23. The van der Waals surface area contributed by atoms with Crippen LogP contribution in [0.25, 0.3) is 0 Å². The SMILES string of the molecule is Fc1c(F)c(OCc2ccccc2)c(F)c(OCc2ccccc2)c1F. The van der Waals surface area contributed by atoms with Crippen LogP contribution in [0.2, 0.25) is 0 Å². The topological polar surface area (TPSA) is 18.5 Å². The van der Waals surface area contributed by atoms with Crippen LogP contribution < -0.4 is 9.47 Å². The van der Waals surface area contributed by atoms with Crippen LogP contribution in [0.4, 0.5) is 17.6 Å². The molecule has 0 heterocycles. The number of rotatable bonds is 6. The quantitative estimate of drug-likeness (QED) is 0.332. The lowest BCUT2D eigenvalue weighted by atomic mass is 10.2. The van der Waals surface area contributed by atoms with Crippen molar-refractivity contribution in [2.45, 2.75) is 13.2 Å². The molecule has 0 saturated heterocycles. The lowest BCUT2D eigenvalue weighted by Crippen LogP contribution is -2.08. The summed E-state index contributed by atoms with van der Waals surface area (Å²) in [5.74, 6) is -8.77. The fourth-order valence-electron chi connectivity index (χ4n) is 2.30. The zero-order valence-electron chi connectivity index (χ0n) is 13.5. The Labute approximate surface area is 147 Å². The molecule has 0 unspecified atom stereocenters. The molecule has 0 aliphatic heterocycles. The Kier molecular flexibility index (Phi) is 5.41. The van der Waals surface area contributed by atoms with Gasteiger partial charge in [-0.15, -0.1) is 0 Å². The van der Waals surface area contributed by atoms with Gasteiger partial charge in [0.25, 0.3) is 0 Å². The maximum Gasteiger partial charge on any atom is 0.213 e. The summed E-state index contributed by atoms with van der Waals surface area (Å²) in [4.78, 5) is 0. The summed E-state index contributed by atoms with van der Waals surface area (Å²) in [6.45, 7) is -0.421. The van der Waals surface area contributed by atoms with E-state index in [1.165, 1.54) is 0 Å². The molecule has 0 radical (unpaired) electrons. The van der Waals surface area contributed by atoms with Crippen LogP contribution in [0.3, 0.4) is 0 Å². The van der Waals surface area contributed by atoms with Crippen molar-refractivity contribution < 1.29 is 27.0 Å². The molecule has 3 aromatic rings. The van der Waals surface area contributed by atoms with E-state index in [1.54, 1.807) is 60.7 Å². The van der Waals surface area contributed by atoms with Gasteiger partial charge in [-0.1, -0.05) is 60.7 Å². The van der Waals surface area contributed by atoms with Gasteiger partial charge >= 0.3 is 0 Å². The second-order valence-corrected chi connectivity index (χ2v) is 5.46. The highest BCUT2D eigenvalue weighted by atomic mass is 19.2. The zero-order chi connectivity index (χ0) is 18.5. The number of hydrogen-bond acceptors (Lipinski definition) is 2. The molecule has 3 rings (SSSR count). The summed E-state index contributed by atoms with van der Waals surface area (Å²) in [5, 5.41) is 0. The minimum atomic E-state index is -1.85. The van der Waals surface area contributed by atoms with Gasteiger partial charge in [0, 0.05) is 0 Å². The van der Waals surface area contributed by atoms with E-state index in [1.807, 2.05) is 0 Å². The number of hydrogen-bond donors (Lipinski definition) is 0. The van der Waals surface area contributed by atoms with E-state index < -0.39 is 34.8 Å². The van der Waals surface area contributed by atoms with Crippen molar-refractivity contribution in [1.82, 2.24) is 0 Å². The van der Waals surface area contributed by atoms with E-state index in [0.29, 0.717) is 11.1 Å². The van der Waals surface area contributed by atoms with Crippen LogP contribution >= 0.6 is 0 Å². The number of ether oxygens (including phenoxy) is 2. The molecule has 2 nitrogen and oxygen atoms in total. The Hall–Kier alpha value is -3.02. The Morgan fingerprint density at radius 1 is 0.500 bits per heavy atom. The van der Waals surface area contributed by atoms with Gasteiger partial charge in [0.05, 0.1) is 0 Å². The number of halogens is 4. The molecule has 0 aliphatic rings. The van der Waals surface area contributed by atoms with Crippen LogP contribution in [-0.2, 0) is 13.2 Å². The monoisotopic (exact) mass is 362 g/mol. The molecule has 0 saturated carbocycles. The van der Waals surface area contributed by atoms with E-state index >= 15 is 0 Å². The second-order valence-electron chi connectivity index (χ2n) is 5.46. The molecular formula is C20H14F4O2. The molecule has 0 aromatic heterocycles. The van der Waals surface area contributed by atoms with E-state index in [0.717, 1.165) is 0 Å². The molecule has 26 heavy (non-hydrogen) atoms. The highest BCUT2D eigenvalue weighted by molar-refractivity contribution is 5.40. The van der Waals surface area contributed by atoms with Crippen molar-refractivity contribution in [3.8, 4) is 11.5 Å². The van der Waals surface area contributed by atoms with E-state index in [-0.39, 0.29) is 13.2 Å². The molecule has 6 heteroatoms. The Morgan fingerprint density at radius 2 is 0.885 bits per heavy atom. The third kappa shape index (κ3) is 3.79. The summed E-state index contributed by atoms with van der Waals surface area (Å²) >= 11 is 0. The Bertz CT molecular complexity index is 813. The molecule has 0 N–H and O–H groups in total. The average Bonchev–Trinajstić information content (AvgIpc) is 2.68. The van der Waals surface area contributed by atoms with Gasteiger partial charge in [0.2, 0.25) is 23.3 Å². The fraction of sp³-hybridized carbons (Fsp3) is 0.100. The van der Waals surface area contributed by atoms with Gasteiger partial charge in [-0.25, -0.2) is 4.39 Å². The predicted octanol–water partition coefficient (Wildman–Crippen LogP) is 5.40. The number of benzene rings is 3. The third-order valence-electron chi connectivity index (χ3n) is 3.63. The molecule has 0 aliphatic carbocycles. The summed E-state index contributed by atoms with van der Waals surface area (Å²) in [6.07, 6.45) is 0. The van der Waals surface area contributed by atoms with Gasteiger partial charge in [-0.3, -0.25) is 0 Å². The fourth-order valence-corrected chi connectivity index (χ4v) is 2.30. The van der Waals surface area contributed by atoms with Crippen molar-refractivity contribution in [2.75, 3.05) is 0 Å². The van der Waals surface area contributed by atoms with Crippen LogP contribution in [0.15, 0.2) is 60.7 Å². The minimum absolute atomic E-state index is 0.210. The van der Waals surface area contributed by atoms with Crippen LogP contribution in [0.1, 0.15) is 11.1 Å². The Morgan fingerprint density at radius 3 is 1.27 bits per heavy atom. The first kappa shape index (κ1) is 17.8. The molecule has 0 amide bonds. The van der Waals surface area contributed by atoms with Crippen molar-refractivity contribution >= 4 is 0 Å². The molecule has 3 aromatic carbocycles.